The summed E-state index contributed by atoms with van der Waals surface area (Å²) in [5, 5.41) is 2.82. The molecule has 3 amide bonds. The lowest BCUT2D eigenvalue weighted by atomic mass is 10.1. The lowest BCUT2D eigenvalue weighted by molar-refractivity contribution is 0.122. The van der Waals surface area contributed by atoms with Gasteiger partial charge in [0.05, 0.1) is 39.0 Å². The SMILES string of the molecule is COc1ccccc1CN1C(=O)O[C@H]2CN(C(=O)NCc3ccco3)C[C@H]21. The molecule has 2 fully saturated rings. The zero-order valence-corrected chi connectivity index (χ0v) is 15.0. The summed E-state index contributed by atoms with van der Waals surface area (Å²) >= 11 is 0. The average Bonchev–Trinajstić information content (AvgIpc) is 3.39. The number of carbonyl (C=O) groups excluding carboxylic acids is 2. The fourth-order valence-electron chi connectivity index (χ4n) is 3.56. The highest BCUT2D eigenvalue weighted by Gasteiger charge is 2.48. The van der Waals surface area contributed by atoms with Crippen LogP contribution in [0.4, 0.5) is 9.59 Å². The zero-order chi connectivity index (χ0) is 18.8. The number of ether oxygens (including phenoxy) is 2. The van der Waals surface area contributed by atoms with E-state index >= 15 is 0 Å². The van der Waals surface area contributed by atoms with Crippen LogP contribution in [0.15, 0.2) is 47.1 Å². The largest absolute Gasteiger partial charge is 0.496 e. The van der Waals surface area contributed by atoms with Crippen molar-refractivity contribution in [2.24, 2.45) is 0 Å². The maximum Gasteiger partial charge on any atom is 0.410 e. The molecule has 2 aromatic rings. The Balaban J connectivity index is 1.40. The van der Waals surface area contributed by atoms with Gasteiger partial charge in [-0.2, -0.15) is 0 Å². The number of likely N-dealkylation sites (tertiary alicyclic amines) is 1. The highest BCUT2D eigenvalue weighted by molar-refractivity contribution is 5.76. The lowest BCUT2D eigenvalue weighted by Gasteiger charge is -2.23. The van der Waals surface area contributed by atoms with Crippen molar-refractivity contribution in [3.8, 4) is 5.75 Å². The number of methoxy groups -OCH3 is 1. The van der Waals surface area contributed by atoms with Gasteiger partial charge in [-0.05, 0) is 18.2 Å². The monoisotopic (exact) mass is 371 g/mol. The molecule has 2 saturated heterocycles. The van der Waals surface area contributed by atoms with Crippen LogP contribution in [0.1, 0.15) is 11.3 Å². The molecule has 1 aromatic carbocycles. The topological polar surface area (TPSA) is 84.2 Å². The Hall–Kier alpha value is -3.16. The standard InChI is InChI=1S/C19H21N3O5/c1-25-16-7-3-2-5-13(16)10-22-15-11-21(12-17(15)27-19(22)24)18(23)20-9-14-6-4-8-26-14/h2-8,15,17H,9-12H2,1H3,(H,20,23)/t15-,17+/m1/s1. The number of hydrogen-bond acceptors (Lipinski definition) is 5. The third-order valence-corrected chi connectivity index (χ3v) is 4.94. The van der Waals surface area contributed by atoms with E-state index in [1.807, 2.05) is 24.3 Å². The predicted molar refractivity (Wildman–Crippen MR) is 95.1 cm³/mol. The minimum Gasteiger partial charge on any atom is -0.496 e. The van der Waals surface area contributed by atoms with Crippen molar-refractivity contribution in [2.45, 2.75) is 25.2 Å². The smallest absolute Gasteiger partial charge is 0.410 e. The van der Waals surface area contributed by atoms with Crippen molar-refractivity contribution in [3.63, 3.8) is 0 Å². The number of para-hydroxylation sites is 1. The molecule has 0 radical (unpaired) electrons. The molecule has 0 saturated carbocycles. The van der Waals surface area contributed by atoms with E-state index in [0.717, 1.165) is 11.3 Å². The van der Waals surface area contributed by atoms with Crippen LogP contribution in [0.5, 0.6) is 5.75 Å². The van der Waals surface area contributed by atoms with E-state index in [0.29, 0.717) is 31.9 Å². The van der Waals surface area contributed by atoms with Gasteiger partial charge < -0.3 is 24.1 Å². The first-order chi connectivity index (χ1) is 13.2. The molecular weight excluding hydrogens is 350 g/mol. The van der Waals surface area contributed by atoms with Crippen LogP contribution in [0.25, 0.3) is 0 Å². The van der Waals surface area contributed by atoms with Crippen LogP contribution in [0.3, 0.4) is 0 Å². The molecule has 2 aliphatic rings. The van der Waals surface area contributed by atoms with Gasteiger partial charge in [0.25, 0.3) is 0 Å². The number of rotatable bonds is 5. The van der Waals surface area contributed by atoms with Gasteiger partial charge in [0.2, 0.25) is 0 Å². The van der Waals surface area contributed by atoms with Crippen molar-refractivity contribution in [2.75, 3.05) is 20.2 Å². The Bertz CT molecular complexity index is 823. The van der Waals surface area contributed by atoms with E-state index in [-0.39, 0.29) is 24.3 Å². The summed E-state index contributed by atoms with van der Waals surface area (Å²) in [6.45, 7) is 1.51. The maximum absolute atomic E-state index is 12.4. The van der Waals surface area contributed by atoms with Gasteiger partial charge in [-0.3, -0.25) is 4.90 Å². The molecule has 2 aliphatic heterocycles. The van der Waals surface area contributed by atoms with Crippen molar-refractivity contribution in [1.29, 1.82) is 0 Å². The molecule has 1 N–H and O–H groups in total. The van der Waals surface area contributed by atoms with Crippen LogP contribution in [-0.2, 0) is 17.8 Å². The first-order valence-electron chi connectivity index (χ1n) is 8.80. The van der Waals surface area contributed by atoms with Gasteiger partial charge in [0.1, 0.15) is 17.6 Å². The Morgan fingerprint density at radius 3 is 2.89 bits per heavy atom. The van der Waals surface area contributed by atoms with Crippen LogP contribution < -0.4 is 10.1 Å². The molecule has 2 atom stereocenters. The molecule has 0 spiro atoms. The number of carbonyl (C=O) groups is 2. The number of hydrogen-bond donors (Lipinski definition) is 1. The molecule has 0 bridgehead atoms. The third-order valence-electron chi connectivity index (χ3n) is 4.94. The molecule has 142 valence electrons. The quantitative estimate of drug-likeness (QED) is 0.871. The second-order valence-corrected chi connectivity index (χ2v) is 6.57. The fourth-order valence-corrected chi connectivity index (χ4v) is 3.56. The molecule has 0 unspecified atom stereocenters. The highest BCUT2D eigenvalue weighted by Crippen LogP contribution is 2.30. The van der Waals surface area contributed by atoms with E-state index in [2.05, 4.69) is 5.32 Å². The molecule has 3 heterocycles. The summed E-state index contributed by atoms with van der Waals surface area (Å²) < 4.78 is 16.1. The van der Waals surface area contributed by atoms with E-state index in [4.69, 9.17) is 13.9 Å². The third kappa shape index (κ3) is 3.42. The van der Waals surface area contributed by atoms with Crippen LogP contribution in [-0.4, -0.2) is 54.3 Å². The molecule has 0 aliphatic carbocycles. The fraction of sp³-hybridized carbons (Fsp3) is 0.368. The lowest BCUT2D eigenvalue weighted by Crippen LogP contribution is -2.42. The van der Waals surface area contributed by atoms with Crippen molar-refractivity contribution >= 4 is 12.1 Å². The summed E-state index contributed by atoms with van der Waals surface area (Å²) in [6, 6.07) is 10.8. The molecule has 1 aromatic heterocycles. The Morgan fingerprint density at radius 2 is 2.11 bits per heavy atom. The summed E-state index contributed by atoms with van der Waals surface area (Å²) in [7, 11) is 1.60. The summed E-state index contributed by atoms with van der Waals surface area (Å²) in [6.07, 6.45) is 0.893. The van der Waals surface area contributed by atoms with Gasteiger partial charge in [-0.25, -0.2) is 9.59 Å². The second kappa shape index (κ2) is 7.22. The van der Waals surface area contributed by atoms with E-state index in [1.165, 1.54) is 0 Å². The van der Waals surface area contributed by atoms with E-state index < -0.39 is 0 Å². The Kier molecular flexibility index (Phi) is 4.62. The molecule has 4 rings (SSSR count). The van der Waals surface area contributed by atoms with Crippen molar-refractivity contribution < 1.29 is 23.5 Å². The number of nitrogens with zero attached hydrogens (tertiary/aromatic N) is 2. The number of nitrogens with one attached hydrogen (secondary N) is 1. The summed E-state index contributed by atoms with van der Waals surface area (Å²) in [5.74, 6) is 1.41. The number of fused-ring (bicyclic) bond motifs is 1. The van der Waals surface area contributed by atoms with Crippen molar-refractivity contribution in [3.05, 3.63) is 54.0 Å². The molecule has 8 heteroatoms. The maximum atomic E-state index is 12.4. The second-order valence-electron chi connectivity index (χ2n) is 6.57. The average molecular weight is 371 g/mol. The van der Waals surface area contributed by atoms with Crippen LogP contribution in [0, 0.1) is 0 Å². The summed E-state index contributed by atoms with van der Waals surface area (Å²) in [4.78, 5) is 28.0. The number of urea groups is 1. The van der Waals surface area contributed by atoms with Gasteiger partial charge in [-0.1, -0.05) is 18.2 Å². The minimum atomic E-state index is -0.355. The van der Waals surface area contributed by atoms with Gasteiger partial charge >= 0.3 is 12.1 Å². The molecule has 8 nitrogen and oxygen atoms in total. The van der Waals surface area contributed by atoms with Crippen molar-refractivity contribution in [1.82, 2.24) is 15.1 Å². The first kappa shape index (κ1) is 17.3. The van der Waals surface area contributed by atoms with Crippen LogP contribution >= 0.6 is 0 Å². The van der Waals surface area contributed by atoms with E-state index in [1.54, 1.807) is 35.3 Å². The van der Waals surface area contributed by atoms with E-state index in [9.17, 15) is 9.59 Å². The summed E-state index contributed by atoms with van der Waals surface area (Å²) in [5.41, 5.74) is 0.901. The van der Waals surface area contributed by atoms with Gasteiger partial charge in [0, 0.05) is 12.1 Å². The highest BCUT2D eigenvalue weighted by atomic mass is 16.6. The number of furan rings is 1. The normalized spacial score (nSPS) is 21.1. The Labute approximate surface area is 156 Å². The first-order valence-corrected chi connectivity index (χ1v) is 8.80. The van der Waals surface area contributed by atoms with Gasteiger partial charge in [-0.15, -0.1) is 0 Å². The number of amides is 3. The number of benzene rings is 1. The Morgan fingerprint density at radius 1 is 1.26 bits per heavy atom. The predicted octanol–water partition coefficient (Wildman–Crippen LogP) is 2.20. The van der Waals surface area contributed by atoms with Crippen LogP contribution in [0.2, 0.25) is 0 Å². The zero-order valence-electron chi connectivity index (χ0n) is 15.0. The van der Waals surface area contributed by atoms with Gasteiger partial charge in [0.15, 0.2) is 0 Å². The molecule has 27 heavy (non-hydrogen) atoms. The molecular formula is C19H21N3O5. The minimum absolute atomic E-state index is 0.170.